The molecule has 4 nitrogen and oxygen atoms in total. The molecule has 0 N–H and O–H groups in total. The van der Waals surface area contributed by atoms with E-state index in [0.717, 1.165) is 66.5 Å². The first-order chi connectivity index (χ1) is 27.9. The minimum Gasteiger partial charge on any atom is -0.500 e. The Morgan fingerprint density at radius 2 is 1.31 bits per heavy atom. The summed E-state index contributed by atoms with van der Waals surface area (Å²) in [5.74, 6) is 0. The summed E-state index contributed by atoms with van der Waals surface area (Å²) in [7, 11) is 0. The van der Waals surface area contributed by atoms with Crippen molar-refractivity contribution in [1.82, 2.24) is 15.0 Å². The quantitative estimate of drug-likeness (QED) is 0.161. The molecule has 0 spiro atoms. The van der Waals surface area contributed by atoms with Crippen molar-refractivity contribution in [2.45, 2.75) is 27.7 Å². The van der Waals surface area contributed by atoms with E-state index in [2.05, 4.69) is 159 Å². The fourth-order valence-electron chi connectivity index (χ4n) is 7.62. The van der Waals surface area contributed by atoms with Gasteiger partial charge < -0.3 is 14.4 Å². The van der Waals surface area contributed by atoms with Gasteiger partial charge in [-0.05, 0) is 94.2 Å². The van der Waals surface area contributed by atoms with Crippen LogP contribution in [0.3, 0.4) is 0 Å². The van der Waals surface area contributed by atoms with Gasteiger partial charge in [0.05, 0.1) is 5.58 Å². The smallest absolute Gasteiger partial charge is 0.128 e. The van der Waals surface area contributed by atoms with Crippen LogP contribution < -0.4 is 0 Å². The Balaban J connectivity index is 0.000000190. The number of benzene rings is 6. The van der Waals surface area contributed by atoms with Crippen molar-refractivity contribution in [2.24, 2.45) is 0 Å². The number of nitrogens with zero attached hydrogens (tertiary/aromatic N) is 3. The van der Waals surface area contributed by atoms with Gasteiger partial charge in [0.15, 0.2) is 0 Å². The standard InChI is InChI=1S/C34H23N2O.C19H16N.Ir/c1-21-18-25-14-16-35-20-30(25)32(22(21)2)29-13-7-11-27-26-10-6-12-28(33(26)37-34(27)29)31-19-24(15-17-36-31)23-8-4-3-5-9-23;1-14-8-10-17(11-9-14)19-12-18(15(2)13-20-19)16-6-4-3-5-7-16;/h3-11,13-20H,1-2H3;3-10,12-13H,1-2H3;/q2*-1;. The predicted molar refractivity (Wildman–Crippen MR) is 235 cm³/mol. The summed E-state index contributed by atoms with van der Waals surface area (Å²) in [4.78, 5) is 13.7. The Morgan fingerprint density at radius 1 is 0.534 bits per heavy atom. The molecule has 10 aromatic rings. The zero-order valence-corrected chi connectivity index (χ0v) is 35.1. The van der Waals surface area contributed by atoms with Crippen molar-refractivity contribution in [3.63, 3.8) is 0 Å². The zero-order valence-electron chi connectivity index (χ0n) is 32.7. The molecule has 0 saturated heterocycles. The van der Waals surface area contributed by atoms with Gasteiger partial charge in [-0.25, -0.2) is 0 Å². The number of hydrogen-bond donors (Lipinski definition) is 0. The van der Waals surface area contributed by atoms with E-state index in [-0.39, 0.29) is 20.1 Å². The number of aryl methyl sites for hydroxylation is 3. The third-order valence-corrected chi connectivity index (χ3v) is 10.7. The van der Waals surface area contributed by atoms with E-state index in [0.29, 0.717) is 0 Å². The molecule has 0 amide bonds. The summed E-state index contributed by atoms with van der Waals surface area (Å²) >= 11 is 0. The van der Waals surface area contributed by atoms with Crippen molar-refractivity contribution in [3.05, 3.63) is 199 Å². The molecule has 0 fully saturated rings. The number of hydrogen-bond acceptors (Lipinski definition) is 4. The molecule has 0 aliphatic rings. The molecule has 0 atom stereocenters. The summed E-state index contributed by atoms with van der Waals surface area (Å²) in [6, 6.07) is 54.7. The van der Waals surface area contributed by atoms with E-state index in [9.17, 15) is 0 Å². The van der Waals surface area contributed by atoms with Crippen molar-refractivity contribution in [3.8, 4) is 55.9 Å². The maximum absolute atomic E-state index is 6.72. The van der Waals surface area contributed by atoms with Gasteiger partial charge in [-0.15, -0.1) is 53.6 Å². The third kappa shape index (κ3) is 7.39. The maximum atomic E-state index is 6.72. The number of rotatable bonds is 5. The van der Waals surface area contributed by atoms with Crippen LogP contribution in [0.4, 0.5) is 0 Å². The predicted octanol–water partition coefficient (Wildman–Crippen LogP) is 13.8. The molecule has 0 aliphatic heterocycles. The van der Waals surface area contributed by atoms with Crippen molar-refractivity contribution in [1.29, 1.82) is 0 Å². The monoisotopic (exact) mass is 926 g/mol. The van der Waals surface area contributed by atoms with Crippen LogP contribution in [0, 0.1) is 39.8 Å². The normalized spacial score (nSPS) is 11.0. The first kappa shape index (κ1) is 38.4. The van der Waals surface area contributed by atoms with Crippen LogP contribution in [0.25, 0.3) is 88.6 Å². The maximum Gasteiger partial charge on any atom is 0.128 e. The molecule has 4 heterocycles. The van der Waals surface area contributed by atoms with Crippen LogP contribution in [0.2, 0.25) is 0 Å². The fourth-order valence-corrected chi connectivity index (χ4v) is 7.62. The van der Waals surface area contributed by atoms with Gasteiger partial charge in [0.25, 0.3) is 0 Å². The van der Waals surface area contributed by atoms with Gasteiger partial charge in [-0.2, -0.15) is 0 Å². The molecular formula is C53H39IrN3O-2. The number of para-hydroxylation sites is 1. The molecule has 0 aliphatic carbocycles. The first-order valence-electron chi connectivity index (χ1n) is 19.2. The van der Waals surface area contributed by atoms with Gasteiger partial charge in [-0.3, -0.25) is 4.98 Å². The minimum absolute atomic E-state index is 0. The molecule has 5 heteroatoms. The molecular weight excluding hydrogens is 887 g/mol. The van der Waals surface area contributed by atoms with Gasteiger partial charge in [0.2, 0.25) is 0 Å². The van der Waals surface area contributed by atoms with E-state index in [1.165, 1.54) is 44.3 Å². The molecule has 10 rings (SSSR count). The average Bonchev–Trinajstić information content (AvgIpc) is 3.65. The molecule has 4 aromatic heterocycles. The largest absolute Gasteiger partial charge is 0.500 e. The Morgan fingerprint density at radius 3 is 2.09 bits per heavy atom. The second-order valence-electron chi connectivity index (χ2n) is 14.5. The van der Waals surface area contributed by atoms with Crippen LogP contribution in [0.5, 0.6) is 0 Å². The number of fused-ring (bicyclic) bond motifs is 4. The number of furan rings is 1. The number of aromatic nitrogens is 3. The molecule has 0 saturated carbocycles. The van der Waals surface area contributed by atoms with E-state index in [4.69, 9.17) is 9.40 Å². The van der Waals surface area contributed by atoms with Crippen LogP contribution in [0.15, 0.2) is 169 Å². The second kappa shape index (κ2) is 16.5. The molecule has 58 heavy (non-hydrogen) atoms. The topological polar surface area (TPSA) is 51.8 Å². The second-order valence-corrected chi connectivity index (χ2v) is 14.5. The Labute approximate surface area is 352 Å². The van der Waals surface area contributed by atoms with Crippen LogP contribution in [-0.4, -0.2) is 15.0 Å². The van der Waals surface area contributed by atoms with Gasteiger partial charge >= 0.3 is 0 Å². The summed E-state index contributed by atoms with van der Waals surface area (Å²) in [6.45, 7) is 8.50. The molecule has 0 unspecified atom stereocenters. The summed E-state index contributed by atoms with van der Waals surface area (Å²) < 4.78 is 6.72. The molecule has 283 valence electrons. The third-order valence-electron chi connectivity index (χ3n) is 10.7. The molecule has 0 bridgehead atoms. The van der Waals surface area contributed by atoms with Gasteiger partial charge in [-0.1, -0.05) is 115 Å². The molecule has 6 aromatic carbocycles. The van der Waals surface area contributed by atoms with Gasteiger partial charge in [0.1, 0.15) is 5.58 Å². The summed E-state index contributed by atoms with van der Waals surface area (Å²) in [5.41, 5.74) is 17.2. The van der Waals surface area contributed by atoms with Crippen molar-refractivity contribution < 1.29 is 24.5 Å². The zero-order chi connectivity index (χ0) is 38.9. The summed E-state index contributed by atoms with van der Waals surface area (Å²) in [5, 5.41) is 4.45. The molecule has 1 radical (unpaired) electrons. The van der Waals surface area contributed by atoms with Gasteiger partial charge in [0, 0.05) is 61.2 Å². The average molecular weight is 926 g/mol. The van der Waals surface area contributed by atoms with Crippen LogP contribution >= 0.6 is 0 Å². The Kier molecular flexibility index (Phi) is 10.9. The van der Waals surface area contributed by atoms with E-state index in [1.807, 2.05) is 55.1 Å². The van der Waals surface area contributed by atoms with Crippen molar-refractivity contribution in [2.75, 3.05) is 0 Å². The Bertz CT molecular complexity index is 3050. The summed E-state index contributed by atoms with van der Waals surface area (Å²) in [6.07, 6.45) is 7.59. The number of pyridine rings is 3. The van der Waals surface area contributed by atoms with E-state index in [1.54, 1.807) is 0 Å². The van der Waals surface area contributed by atoms with Crippen LogP contribution in [-0.2, 0) is 20.1 Å². The fraction of sp³-hybridized carbons (Fsp3) is 0.0755. The minimum atomic E-state index is 0. The van der Waals surface area contributed by atoms with Crippen LogP contribution in [0.1, 0.15) is 22.3 Å². The SMILES string of the molecule is Cc1c[c-]c(-c2cc(-c3ccccc3)c(C)cn2)cc1.Cc1cc2ccncc2c(-c2cccc3c2oc2c(-c4cc(-c5ccccc5)ccn4)[c-]ccc23)c1C.[Ir]. The van der Waals surface area contributed by atoms with E-state index < -0.39 is 0 Å². The Hall–Kier alpha value is -6.52. The first-order valence-corrected chi connectivity index (χ1v) is 19.2. The van der Waals surface area contributed by atoms with E-state index >= 15 is 0 Å². The van der Waals surface area contributed by atoms with Crippen molar-refractivity contribution >= 4 is 32.7 Å².